The van der Waals surface area contributed by atoms with E-state index in [-0.39, 0.29) is 5.43 Å². The standard InChI is InChI=1S/C13H21NO.C2H6/c1-5-7-11-12(8-6-2)14-10(4)9(3)13(11)15;1-2/h5-8H2,1-4H3,(H,14,15);1-2H3. The maximum Gasteiger partial charge on any atom is 0.188 e. The van der Waals surface area contributed by atoms with Crippen molar-refractivity contribution in [2.75, 3.05) is 0 Å². The van der Waals surface area contributed by atoms with Gasteiger partial charge in [0.2, 0.25) is 0 Å². The Hall–Kier alpha value is -1.05. The quantitative estimate of drug-likeness (QED) is 0.845. The molecule has 0 spiro atoms. The van der Waals surface area contributed by atoms with Gasteiger partial charge in [-0.05, 0) is 26.7 Å². The van der Waals surface area contributed by atoms with E-state index in [1.807, 2.05) is 27.7 Å². The maximum atomic E-state index is 12.1. The van der Waals surface area contributed by atoms with Crippen LogP contribution in [-0.4, -0.2) is 4.98 Å². The van der Waals surface area contributed by atoms with Crippen LogP contribution in [0.5, 0.6) is 0 Å². The van der Waals surface area contributed by atoms with Crippen LogP contribution in [0.4, 0.5) is 0 Å². The predicted octanol–water partition coefficient (Wildman–Crippen LogP) is 3.92. The molecule has 17 heavy (non-hydrogen) atoms. The average molecular weight is 237 g/mol. The molecule has 0 aliphatic carbocycles. The van der Waals surface area contributed by atoms with E-state index in [2.05, 4.69) is 18.8 Å². The average Bonchev–Trinajstić information content (AvgIpc) is 2.34. The van der Waals surface area contributed by atoms with Crippen LogP contribution < -0.4 is 5.43 Å². The molecule has 98 valence electrons. The summed E-state index contributed by atoms with van der Waals surface area (Å²) < 4.78 is 0. The van der Waals surface area contributed by atoms with Gasteiger partial charge in [0.15, 0.2) is 5.43 Å². The number of aryl methyl sites for hydroxylation is 2. The summed E-state index contributed by atoms with van der Waals surface area (Å²) in [7, 11) is 0. The van der Waals surface area contributed by atoms with E-state index in [1.54, 1.807) is 0 Å². The van der Waals surface area contributed by atoms with Gasteiger partial charge in [-0.1, -0.05) is 40.5 Å². The normalized spacial score (nSPS) is 9.76. The van der Waals surface area contributed by atoms with E-state index in [9.17, 15) is 4.79 Å². The molecule has 1 aromatic heterocycles. The Morgan fingerprint density at radius 3 is 2.00 bits per heavy atom. The van der Waals surface area contributed by atoms with Crippen LogP contribution in [0.15, 0.2) is 4.79 Å². The topological polar surface area (TPSA) is 32.9 Å². The Bertz CT molecular complexity index is 391. The van der Waals surface area contributed by atoms with Crippen molar-refractivity contribution >= 4 is 0 Å². The third-order valence-electron chi connectivity index (χ3n) is 2.88. The molecule has 0 bridgehead atoms. The summed E-state index contributed by atoms with van der Waals surface area (Å²) in [6.45, 7) is 12.1. The minimum Gasteiger partial charge on any atom is -0.362 e. The molecular weight excluding hydrogens is 210 g/mol. The summed E-state index contributed by atoms with van der Waals surface area (Å²) in [4.78, 5) is 15.4. The second-order valence-electron chi connectivity index (χ2n) is 4.16. The Morgan fingerprint density at radius 2 is 1.53 bits per heavy atom. The molecule has 0 amide bonds. The zero-order valence-corrected chi connectivity index (χ0v) is 12.2. The molecule has 0 aliphatic heterocycles. The van der Waals surface area contributed by atoms with E-state index in [0.29, 0.717) is 0 Å². The molecule has 0 atom stereocenters. The van der Waals surface area contributed by atoms with Crippen molar-refractivity contribution in [3.8, 4) is 0 Å². The third-order valence-corrected chi connectivity index (χ3v) is 2.88. The van der Waals surface area contributed by atoms with Gasteiger partial charge in [-0.15, -0.1) is 0 Å². The van der Waals surface area contributed by atoms with Gasteiger partial charge in [-0.3, -0.25) is 4.79 Å². The Morgan fingerprint density at radius 1 is 1.00 bits per heavy atom. The number of pyridine rings is 1. The van der Waals surface area contributed by atoms with Gasteiger partial charge in [-0.25, -0.2) is 0 Å². The third kappa shape index (κ3) is 4.03. The lowest BCUT2D eigenvalue weighted by atomic mass is 10.0. The molecule has 0 aromatic carbocycles. The Balaban J connectivity index is 0.00000121. The van der Waals surface area contributed by atoms with E-state index in [4.69, 9.17) is 0 Å². The molecule has 0 saturated carbocycles. The van der Waals surface area contributed by atoms with Crippen LogP contribution in [0.2, 0.25) is 0 Å². The van der Waals surface area contributed by atoms with Gasteiger partial charge in [0.05, 0.1) is 0 Å². The second kappa shape index (κ2) is 8.10. The molecule has 0 saturated heterocycles. The molecule has 1 rings (SSSR count). The molecular formula is C15H27NO. The van der Waals surface area contributed by atoms with E-state index in [0.717, 1.165) is 48.2 Å². The summed E-state index contributed by atoms with van der Waals surface area (Å²) in [5.41, 5.74) is 4.29. The Labute approximate surface area is 105 Å². The summed E-state index contributed by atoms with van der Waals surface area (Å²) in [6, 6.07) is 0. The van der Waals surface area contributed by atoms with Crippen molar-refractivity contribution in [3.63, 3.8) is 0 Å². The molecule has 0 unspecified atom stereocenters. The summed E-state index contributed by atoms with van der Waals surface area (Å²) >= 11 is 0. The molecule has 2 heteroatoms. The smallest absolute Gasteiger partial charge is 0.188 e. The van der Waals surface area contributed by atoms with Gasteiger partial charge in [0, 0.05) is 22.5 Å². The molecule has 2 nitrogen and oxygen atoms in total. The highest BCUT2D eigenvalue weighted by Gasteiger charge is 2.10. The molecule has 0 fully saturated rings. The highest BCUT2D eigenvalue weighted by atomic mass is 16.1. The Kier molecular flexibility index (Phi) is 7.60. The van der Waals surface area contributed by atoms with Gasteiger partial charge in [0.25, 0.3) is 0 Å². The van der Waals surface area contributed by atoms with Crippen LogP contribution in [0.1, 0.15) is 63.1 Å². The fourth-order valence-electron chi connectivity index (χ4n) is 1.91. The summed E-state index contributed by atoms with van der Waals surface area (Å²) in [6.07, 6.45) is 3.98. The van der Waals surface area contributed by atoms with Crippen LogP contribution in [-0.2, 0) is 12.8 Å². The summed E-state index contributed by atoms with van der Waals surface area (Å²) in [5, 5.41) is 0. The number of hydrogen-bond donors (Lipinski definition) is 1. The first-order chi connectivity index (χ1) is 8.11. The number of H-pyrrole nitrogens is 1. The molecule has 1 aromatic rings. The van der Waals surface area contributed by atoms with Crippen molar-refractivity contribution in [3.05, 3.63) is 32.7 Å². The van der Waals surface area contributed by atoms with Crippen molar-refractivity contribution in [1.29, 1.82) is 0 Å². The molecule has 1 heterocycles. The van der Waals surface area contributed by atoms with Crippen molar-refractivity contribution < 1.29 is 0 Å². The van der Waals surface area contributed by atoms with Crippen molar-refractivity contribution in [2.24, 2.45) is 0 Å². The fraction of sp³-hybridized carbons (Fsp3) is 0.667. The van der Waals surface area contributed by atoms with E-state index in [1.165, 1.54) is 0 Å². The SMILES string of the molecule is CC.CCCc1[nH]c(C)c(C)c(=O)c1CCC. The zero-order valence-electron chi connectivity index (χ0n) is 12.2. The van der Waals surface area contributed by atoms with Gasteiger partial charge < -0.3 is 4.98 Å². The molecule has 0 aliphatic rings. The second-order valence-corrected chi connectivity index (χ2v) is 4.16. The van der Waals surface area contributed by atoms with Crippen LogP contribution in [0, 0.1) is 13.8 Å². The molecule has 1 N–H and O–H groups in total. The van der Waals surface area contributed by atoms with Crippen molar-refractivity contribution in [2.45, 2.75) is 67.2 Å². The van der Waals surface area contributed by atoms with Gasteiger partial charge in [-0.2, -0.15) is 0 Å². The lowest BCUT2D eigenvalue weighted by Crippen LogP contribution is -2.18. The van der Waals surface area contributed by atoms with Crippen LogP contribution >= 0.6 is 0 Å². The number of rotatable bonds is 4. The highest BCUT2D eigenvalue weighted by molar-refractivity contribution is 5.29. The van der Waals surface area contributed by atoms with Gasteiger partial charge in [0.1, 0.15) is 0 Å². The lowest BCUT2D eigenvalue weighted by Gasteiger charge is -2.11. The fourth-order valence-corrected chi connectivity index (χ4v) is 1.91. The first kappa shape index (κ1) is 16.0. The minimum absolute atomic E-state index is 0.247. The monoisotopic (exact) mass is 237 g/mol. The largest absolute Gasteiger partial charge is 0.362 e. The minimum atomic E-state index is 0.247. The first-order valence-electron chi connectivity index (χ1n) is 6.83. The van der Waals surface area contributed by atoms with Crippen molar-refractivity contribution in [1.82, 2.24) is 4.98 Å². The highest BCUT2D eigenvalue weighted by Crippen LogP contribution is 2.10. The maximum absolute atomic E-state index is 12.1. The lowest BCUT2D eigenvalue weighted by molar-refractivity contribution is 0.810. The predicted molar refractivity (Wildman–Crippen MR) is 75.9 cm³/mol. The van der Waals surface area contributed by atoms with Crippen LogP contribution in [0.3, 0.4) is 0 Å². The number of nitrogens with one attached hydrogen (secondary N) is 1. The number of hydrogen-bond acceptors (Lipinski definition) is 1. The number of aromatic nitrogens is 1. The van der Waals surface area contributed by atoms with E-state index < -0.39 is 0 Å². The van der Waals surface area contributed by atoms with Crippen LogP contribution in [0.25, 0.3) is 0 Å². The zero-order chi connectivity index (χ0) is 13.4. The first-order valence-corrected chi connectivity index (χ1v) is 6.83. The number of aromatic amines is 1. The summed E-state index contributed by atoms with van der Waals surface area (Å²) in [5.74, 6) is 0. The van der Waals surface area contributed by atoms with E-state index >= 15 is 0 Å². The molecule has 0 radical (unpaired) electrons. The van der Waals surface area contributed by atoms with Gasteiger partial charge >= 0.3 is 0 Å².